The monoisotopic (exact) mass is 398 g/mol. The van der Waals surface area contributed by atoms with E-state index in [1.165, 1.54) is 6.92 Å². The molecule has 0 spiro atoms. The normalized spacial score (nSPS) is 11.6. The van der Waals surface area contributed by atoms with E-state index in [1.54, 1.807) is 0 Å². The van der Waals surface area contributed by atoms with Crippen LogP contribution in [-0.4, -0.2) is 19.1 Å². The van der Waals surface area contributed by atoms with E-state index in [2.05, 4.69) is 9.47 Å². The fourth-order valence-electron chi connectivity index (χ4n) is 0.547. The number of halogens is 5. The van der Waals surface area contributed by atoms with E-state index in [1.807, 2.05) is 0 Å². The Morgan fingerprint density at radius 2 is 1.62 bits per heavy atom. The summed E-state index contributed by atoms with van der Waals surface area (Å²) in [4.78, 5) is 0. The summed E-state index contributed by atoms with van der Waals surface area (Å²) < 4.78 is 67.2. The van der Waals surface area contributed by atoms with Crippen molar-refractivity contribution in [2.45, 2.75) is 25.6 Å². The van der Waals surface area contributed by atoms with Crippen LogP contribution < -0.4 is 0 Å². The minimum atomic E-state index is -4.16. The molecule has 0 saturated heterocycles. The Bertz CT molecular complexity index is 153. The van der Waals surface area contributed by atoms with Gasteiger partial charge in [-0.2, -0.15) is 15.7 Å². The van der Waals surface area contributed by atoms with Crippen LogP contribution in [0.4, 0.5) is 22.0 Å². The SMILES string of the molecule is C[CH-]CC(F)(F)O[CH-]C(F)(F)OCF.[Y].[Y]. The molecule has 92 valence electrons. The quantitative estimate of drug-likeness (QED) is 0.486. The van der Waals surface area contributed by atoms with E-state index >= 15 is 0 Å². The molecule has 0 amide bonds. The van der Waals surface area contributed by atoms with Gasteiger partial charge in [0.1, 0.15) is 0 Å². The van der Waals surface area contributed by atoms with Gasteiger partial charge in [-0.25, -0.2) is 13.2 Å². The first kappa shape index (κ1) is 22.9. The van der Waals surface area contributed by atoms with Crippen molar-refractivity contribution in [2.75, 3.05) is 6.86 Å². The number of alkyl halides is 5. The fraction of sp³-hybridized carbons (Fsp3) is 0.714. The van der Waals surface area contributed by atoms with E-state index in [9.17, 15) is 22.0 Å². The molecule has 0 N–H and O–H groups in total. The van der Waals surface area contributed by atoms with Crippen LogP contribution in [0.2, 0.25) is 0 Å². The first-order valence-corrected chi connectivity index (χ1v) is 3.58. The van der Waals surface area contributed by atoms with Gasteiger partial charge in [-0.15, -0.1) is 6.61 Å². The molecule has 0 aromatic carbocycles. The Hall–Kier alpha value is 1.78. The topological polar surface area (TPSA) is 18.5 Å². The summed E-state index contributed by atoms with van der Waals surface area (Å²) in [6.07, 6.45) is -7.68. The van der Waals surface area contributed by atoms with Crippen LogP contribution in [0.5, 0.6) is 0 Å². The maximum absolute atomic E-state index is 12.4. The Balaban J connectivity index is -0.000000845. The van der Waals surface area contributed by atoms with Crippen molar-refractivity contribution in [3.8, 4) is 0 Å². The third-order valence-electron chi connectivity index (χ3n) is 1.06. The molecular weight excluding hydrogens is 389 g/mol. The van der Waals surface area contributed by atoms with Crippen molar-refractivity contribution in [2.24, 2.45) is 0 Å². The smallest absolute Gasteiger partial charge is 0.301 e. The second-order valence-corrected chi connectivity index (χ2v) is 2.30. The van der Waals surface area contributed by atoms with Crippen LogP contribution in [0.25, 0.3) is 0 Å². The van der Waals surface area contributed by atoms with Gasteiger partial charge in [0.2, 0.25) is 0 Å². The molecule has 0 unspecified atom stereocenters. The van der Waals surface area contributed by atoms with Gasteiger partial charge in [-0.1, -0.05) is 6.42 Å². The fourth-order valence-corrected chi connectivity index (χ4v) is 0.547. The summed E-state index contributed by atoms with van der Waals surface area (Å²) in [6.45, 7) is -1.01. The Labute approximate surface area is 141 Å². The molecule has 0 saturated carbocycles. The first-order valence-electron chi connectivity index (χ1n) is 3.58. The van der Waals surface area contributed by atoms with Crippen LogP contribution in [0, 0.1) is 13.0 Å². The van der Waals surface area contributed by atoms with Gasteiger partial charge in [-0.3, -0.25) is 0 Å². The molecule has 0 bridgehead atoms. The van der Waals surface area contributed by atoms with Crippen LogP contribution in [0.15, 0.2) is 0 Å². The molecule has 0 aliphatic rings. The largest absolute Gasteiger partial charge is 0.492 e. The van der Waals surface area contributed by atoms with Crippen molar-refractivity contribution < 1.29 is 96.8 Å². The van der Waals surface area contributed by atoms with Crippen molar-refractivity contribution >= 4 is 0 Å². The van der Waals surface area contributed by atoms with Crippen molar-refractivity contribution in [3.05, 3.63) is 13.0 Å². The predicted octanol–water partition coefficient (Wildman–Crippen LogP) is 2.90. The average Bonchev–Trinajstić information content (AvgIpc) is 2.01. The number of rotatable bonds is 7. The molecule has 0 fully saturated rings. The zero-order valence-corrected chi connectivity index (χ0v) is 14.1. The average molecular weight is 398 g/mol. The van der Waals surface area contributed by atoms with Crippen molar-refractivity contribution in [3.63, 3.8) is 0 Å². The van der Waals surface area contributed by atoms with Crippen LogP contribution >= 0.6 is 0 Å². The van der Waals surface area contributed by atoms with Crippen LogP contribution in [0.3, 0.4) is 0 Å². The number of ether oxygens (including phenoxy) is 2. The van der Waals surface area contributed by atoms with Gasteiger partial charge in [-0.05, 0) is 0 Å². The predicted molar refractivity (Wildman–Crippen MR) is 36.9 cm³/mol. The molecular formula is C7H9F5O2Y2-2. The number of hydrogen-bond acceptors (Lipinski definition) is 2. The minimum Gasteiger partial charge on any atom is -0.492 e. The summed E-state index contributed by atoms with van der Waals surface area (Å²) in [6, 6.07) is 0. The second kappa shape index (κ2) is 10.7. The standard InChI is InChI=1S/C7H9F5O2.2Y/c1-2-3-6(9,10)13-4-7(11,12)14-5-8;;/h2,4H,3,5H2,1H3;;/q-2;;. The molecule has 16 heavy (non-hydrogen) atoms. The Morgan fingerprint density at radius 3 is 2.00 bits per heavy atom. The van der Waals surface area contributed by atoms with E-state index in [0.717, 1.165) is 6.42 Å². The van der Waals surface area contributed by atoms with Gasteiger partial charge < -0.3 is 15.9 Å². The molecule has 0 aromatic heterocycles. The summed E-state index contributed by atoms with van der Waals surface area (Å²) in [7, 11) is 0. The van der Waals surface area contributed by atoms with Gasteiger partial charge in [0, 0.05) is 65.4 Å². The Kier molecular flexibility index (Phi) is 15.3. The van der Waals surface area contributed by atoms with Crippen LogP contribution in [-0.2, 0) is 74.9 Å². The third-order valence-corrected chi connectivity index (χ3v) is 1.06. The Morgan fingerprint density at radius 1 is 1.12 bits per heavy atom. The van der Waals surface area contributed by atoms with Gasteiger partial charge in [0.15, 0.2) is 6.86 Å². The summed E-state index contributed by atoms with van der Waals surface area (Å²) in [5.41, 5.74) is 0. The molecule has 0 aromatic rings. The summed E-state index contributed by atoms with van der Waals surface area (Å²) in [5.74, 6) is 0. The zero-order valence-electron chi connectivity index (χ0n) is 8.43. The molecule has 0 heterocycles. The third kappa shape index (κ3) is 12.2. The minimum absolute atomic E-state index is 0. The molecule has 0 aliphatic heterocycles. The van der Waals surface area contributed by atoms with E-state index in [-0.39, 0.29) is 65.4 Å². The maximum Gasteiger partial charge on any atom is 0.301 e. The number of hydrogen-bond donors (Lipinski definition) is 0. The van der Waals surface area contributed by atoms with Crippen molar-refractivity contribution in [1.29, 1.82) is 0 Å². The van der Waals surface area contributed by atoms with E-state index in [0.29, 0.717) is 0 Å². The molecule has 9 heteroatoms. The van der Waals surface area contributed by atoms with E-state index in [4.69, 9.17) is 0 Å². The van der Waals surface area contributed by atoms with Crippen molar-refractivity contribution in [1.82, 2.24) is 0 Å². The van der Waals surface area contributed by atoms with Gasteiger partial charge in [0.25, 0.3) is 6.11 Å². The van der Waals surface area contributed by atoms with Crippen LogP contribution in [0.1, 0.15) is 13.3 Å². The molecule has 0 atom stereocenters. The summed E-state index contributed by atoms with van der Waals surface area (Å²) >= 11 is 0. The molecule has 2 radical (unpaired) electrons. The molecule has 2 nitrogen and oxygen atoms in total. The van der Waals surface area contributed by atoms with E-state index < -0.39 is 32.1 Å². The maximum atomic E-state index is 12.4. The summed E-state index contributed by atoms with van der Waals surface area (Å²) in [5, 5.41) is 0. The first-order chi connectivity index (χ1) is 6.33. The molecule has 0 aliphatic carbocycles. The molecule has 0 rings (SSSR count). The zero-order chi connectivity index (χ0) is 11.2. The van der Waals surface area contributed by atoms with Gasteiger partial charge in [0.05, 0.1) is 0 Å². The van der Waals surface area contributed by atoms with Gasteiger partial charge >= 0.3 is 6.11 Å². The second-order valence-electron chi connectivity index (χ2n) is 2.30.